The zero-order valence-electron chi connectivity index (χ0n) is 16.4. The largest absolute Gasteiger partial charge is 0.239 e. The van der Waals surface area contributed by atoms with Gasteiger partial charge in [-0.25, -0.2) is 9.98 Å². The molecule has 0 unspecified atom stereocenters. The fourth-order valence-electron chi connectivity index (χ4n) is 3.46. The van der Waals surface area contributed by atoms with E-state index in [0.717, 1.165) is 33.0 Å². The Balaban J connectivity index is 2.07. The van der Waals surface area contributed by atoms with Gasteiger partial charge in [-0.1, -0.05) is 35.4 Å². The summed E-state index contributed by atoms with van der Waals surface area (Å²) in [5.74, 6) is 2.16. The summed E-state index contributed by atoms with van der Waals surface area (Å²) in [7, 11) is 0. The SMILES string of the molecule is Cc1cc(C)c(N=C2SCCSC2=Nc2c(C)cc(C)cc2C)c(C)c1. The van der Waals surface area contributed by atoms with Crippen LogP contribution >= 0.6 is 23.5 Å². The first kappa shape index (κ1) is 19.2. The van der Waals surface area contributed by atoms with Crippen molar-refractivity contribution in [3.8, 4) is 0 Å². The summed E-state index contributed by atoms with van der Waals surface area (Å²) < 4.78 is 0. The molecule has 1 aliphatic heterocycles. The minimum atomic E-state index is 1.05. The van der Waals surface area contributed by atoms with Gasteiger partial charge in [-0.3, -0.25) is 0 Å². The van der Waals surface area contributed by atoms with Crippen molar-refractivity contribution in [3.63, 3.8) is 0 Å². The lowest BCUT2D eigenvalue weighted by atomic mass is 10.1. The molecule has 0 aromatic heterocycles. The minimum absolute atomic E-state index is 1.05. The smallest absolute Gasteiger partial charge is 0.129 e. The molecule has 0 spiro atoms. The van der Waals surface area contributed by atoms with Crippen LogP contribution in [0.5, 0.6) is 0 Å². The average molecular weight is 383 g/mol. The molecule has 1 heterocycles. The van der Waals surface area contributed by atoms with Gasteiger partial charge in [-0.2, -0.15) is 0 Å². The molecular formula is C22H26N2S2. The first-order chi connectivity index (χ1) is 12.3. The maximum absolute atomic E-state index is 5.04. The molecule has 0 amide bonds. The second-order valence-electron chi connectivity index (χ2n) is 7.03. The number of hydrogen-bond acceptors (Lipinski definition) is 4. The van der Waals surface area contributed by atoms with Crippen molar-refractivity contribution in [3.05, 3.63) is 57.6 Å². The summed E-state index contributed by atoms with van der Waals surface area (Å²) in [5, 5.41) is 2.10. The predicted molar refractivity (Wildman–Crippen MR) is 120 cm³/mol. The van der Waals surface area contributed by atoms with Crippen LogP contribution in [0.1, 0.15) is 33.4 Å². The van der Waals surface area contributed by atoms with E-state index in [2.05, 4.69) is 65.8 Å². The number of aliphatic imine (C=N–C) groups is 2. The van der Waals surface area contributed by atoms with Crippen LogP contribution in [-0.2, 0) is 0 Å². The molecule has 3 rings (SSSR count). The molecule has 0 radical (unpaired) electrons. The van der Waals surface area contributed by atoms with Crippen LogP contribution in [0.2, 0.25) is 0 Å². The topological polar surface area (TPSA) is 24.7 Å². The van der Waals surface area contributed by atoms with Gasteiger partial charge in [0.2, 0.25) is 0 Å². The monoisotopic (exact) mass is 382 g/mol. The Labute approximate surface area is 165 Å². The molecule has 1 fully saturated rings. The van der Waals surface area contributed by atoms with Gasteiger partial charge in [0.25, 0.3) is 0 Å². The summed E-state index contributed by atoms with van der Waals surface area (Å²) in [5.41, 5.74) is 9.67. The molecule has 0 bridgehead atoms. The van der Waals surface area contributed by atoms with Gasteiger partial charge in [0.15, 0.2) is 0 Å². The van der Waals surface area contributed by atoms with Crippen LogP contribution in [0, 0.1) is 41.5 Å². The van der Waals surface area contributed by atoms with Crippen molar-refractivity contribution in [1.29, 1.82) is 0 Å². The minimum Gasteiger partial charge on any atom is -0.239 e. The molecule has 2 nitrogen and oxygen atoms in total. The van der Waals surface area contributed by atoms with E-state index < -0.39 is 0 Å². The maximum Gasteiger partial charge on any atom is 0.129 e. The highest BCUT2D eigenvalue weighted by atomic mass is 32.2. The zero-order chi connectivity index (χ0) is 18.8. The third-order valence-corrected chi connectivity index (χ3v) is 6.76. The second-order valence-corrected chi connectivity index (χ2v) is 9.19. The van der Waals surface area contributed by atoms with Gasteiger partial charge in [-0.15, -0.1) is 23.5 Å². The van der Waals surface area contributed by atoms with Gasteiger partial charge in [0.1, 0.15) is 10.1 Å². The Bertz CT molecular complexity index is 789. The highest BCUT2D eigenvalue weighted by Crippen LogP contribution is 2.33. The van der Waals surface area contributed by atoms with Gasteiger partial charge in [0, 0.05) is 11.5 Å². The average Bonchev–Trinajstić information content (AvgIpc) is 2.55. The lowest BCUT2D eigenvalue weighted by molar-refractivity contribution is 1.28. The molecule has 0 N–H and O–H groups in total. The quantitative estimate of drug-likeness (QED) is 0.572. The number of hydrogen-bond donors (Lipinski definition) is 0. The zero-order valence-corrected chi connectivity index (χ0v) is 18.1. The molecule has 1 saturated heterocycles. The predicted octanol–water partition coefficient (Wildman–Crippen LogP) is 6.78. The molecule has 0 aliphatic carbocycles. The number of rotatable bonds is 2. The van der Waals surface area contributed by atoms with E-state index >= 15 is 0 Å². The van der Waals surface area contributed by atoms with Gasteiger partial charge in [0.05, 0.1) is 11.4 Å². The van der Waals surface area contributed by atoms with Crippen molar-refractivity contribution in [2.75, 3.05) is 11.5 Å². The van der Waals surface area contributed by atoms with Crippen LogP contribution in [0.25, 0.3) is 0 Å². The van der Waals surface area contributed by atoms with Crippen molar-refractivity contribution >= 4 is 45.0 Å². The highest BCUT2D eigenvalue weighted by molar-refractivity contribution is 8.27. The van der Waals surface area contributed by atoms with E-state index in [9.17, 15) is 0 Å². The summed E-state index contributed by atoms with van der Waals surface area (Å²) in [6.07, 6.45) is 0. The summed E-state index contributed by atoms with van der Waals surface area (Å²) in [6.45, 7) is 12.8. The van der Waals surface area contributed by atoms with Crippen LogP contribution in [0.4, 0.5) is 11.4 Å². The summed E-state index contributed by atoms with van der Waals surface area (Å²) in [6, 6.07) is 8.83. The molecule has 0 atom stereocenters. The van der Waals surface area contributed by atoms with Crippen molar-refractivity contribution in [2.24, 2.45) is 9.98 Å². The van der Waals surface area contributed by atoms with Crippen LogP contribution < -0.4 is 0 Å². The molecule has 26 heavy (non-hydrogen) atoms. The fourth-order valence-corrected chi connectivity index (χ4v) is 5.52. The molecule has 136 valence electrons. The van der Waals surface area contributed by atoms with Crippen molar-refractivity contribution in [1.82, 2.24) is 0 Å². The lowest BCUT2D eigenvalue weighted by Gasteiger charge is -2.17. The second kappa shape index (κ2) is 8.01. The van der Waals surface area contributed by atoms with E-state index in [-0.39, 0.29) is 0 Å². The first-order valence-electron chi connectivity index (χ1n) is 8.94. The molecule has 2 aromatic carbocycles. The highest BCUT2D eigenvalue weighted by Gasteiger charge is 2.19. The van der Waals surface area contributed by atoms with Gasteiger partial charge in [-0.05, 0) is 63.8 Å². The number of nitrogens with zero attached hydrogens (tertiary/aromatic N) is 2. The van der Waals surface area contributed by atoms with Crippen LogP contribution in [-0.4, -0.2) is 21.6 Å². The van der Waals surface area contributed by atoms with Crippen LogP contribution in [0.15, 0.2) is 34.3 Å². The van der Waals surface area contributed by atoms with E-state index in [4.69, 9.17) is 9.98 Å². The molecular weight excluding hydrogens is 356 g/mol. The Morgan fingerprint density at radius 1 is 0.577 bits per heavy atom. The van der Waals surface area contributed by atoms with E-state index in [1.165, 1.54) is 33.4 Å². The first-order valence-corrected chi connectivity index (χ1v) is 10.9. The van der Waals surface area contributed by atoms with Crippen molar-refractivity contribution in [2.45, 2.75) is 41.5 Å². The summed E-state index contributed by atoms with van der Waals surface area (Å²) >= 11 is 3.64. The van der Waals surface area contributed by atoms with Crippen LogP contribution in [0.3, 0.4) is 0 Å². The van der Waals surface area contributed by atoms with E-state index in [1.807, 2.05) is 23.5 Å². The molecule has 2 aromatic rings. The molecule has 0 saturated carbocycles. The Morgan fingerprint density at radius 3 is 1.19 bits per heavy atom. The van der Waals surface area contributed by atoms with E-state index in [1.54, 1.807) is 0 Å². The Morgan fingerprint density at radius 2 is 0.885 bits per heavy atom. The normalized spacial score (nSPS) is 17.9. The van der Waals surface area contributed by atoms with E-state index in [0.29, 0.717) is 0 Å². The number of thioether (sulfide) groups is 2. The summed E-state index contributed by atoms with van der Waals surface area (Å²) in [4.78, 5) is 10.1. The number of benzene rings is 2. The fraction of sp³-hybridized carbons (Fsp3) is 0.364. The third kappa shape index (κ3) is 4.24. The van der Waals surface area contributed by atoms with Crippen molar-refractivity contribution < 1.29 is 0 Å². The Kier molecular flexibility index (Phi) is 5.93. The van der Waals surface area contributed by atoms with Gasteiger partial charge < -0.3 is 0 Å². The third-order valence-electron chi connectivity index (χ3n) is 4.44. The number of aryl methyl sites for hydroxylation is 6. The maximum atomic E-state index is 5.04. The standard InChI is InChI=1S/C22H26N2S2/c1-13-9-15(3)19(16(4)10-13)23-21-22(26-8-7-25-21)24-20-17(5)11-14(2)12-18(20)6/h9-12H,7-8H2,1-6H3. The van der Waals surface area contributed by atoms with Gasteiger partial charge >= 0.3 is 0 Å². The molecule has 4 heteroatoms. The molecule has 1 aliphatic rings. The lowest BCUT2D eigenvalue weighted by Crippen LogP contribution is -2.14. The Hall–Kier alpha value is -1.52.